The molecule has 122 valence electrons. The summed E-state index contributed by atoms with van der Waals surface area (Å²) in [6.07, 6.45) is 1.91. The molecule has 6 nitrogen and oxygen atoms in total. The predicted octanol–water partition coefficient (Wildman–Crippen LogP) is 4.35. The summed E-state index contributed by atoms with van der Waals surface area (Å²) in [7, 11) is 1.50. The van der Waals surface area contributed by atoms with Crippen LogP contribution in [0.5, 0.6) is 5.75 Å². The van der Waals surface area contributed by atoms with Crippen molar-refractivity contribution in [2.24, 2.45) is 0 Å². The van der Waals surface area contributed by atoms with Gasteiger partial charge in [0.2, 0.25) is 0 Å². The lowest BCUT2D eigenvalue weighted by Gasteiger charge is -2.09. The Morgan fingerprint density at radius 3 is 2.65 bits per heavy atom. The van der Waals surface area contributed by atoms with E-state index in [1.807, 2.05) is 32.9 Å². The van der Waals surface area contributed by atoms with E-state index >= 15 is 0 Å². The second kappa shape index (κ2) is 7.11. The van der Waals surface area contributed by atoms with Crippen LogP contribution < -0.4 is 4.74 Å². The number of nitro benzene ring substituents is 1. The van der Waals surface area contributed by atoms with E-state index in [1.54, 1.807) is 6.07 Å². The van der Waals surface area contributed by atoms with Crippen LogP contribution in [-0.4, -0.2) is 18.8 Å². The molecule has 1 aromatic heterocycles. The Labute approximate surface area is 134 Å². The second-order valence-corrected chi connectivity index (χ2v) is 5.18. The zero-order chi connectivity index (χ0) is 17.0. The van der Waals surface area contributed by atoms with E-state index in [1.165, 1.54) is 19.2 Å². The predicted molar refractivity (Wildman–Crippen MR) is 87.3 cm³/mol. The van der Waals surface area contributed by atoms with Gasteiger partial charge in [-0.05, 0) is 44.6 Å². The van der Waals surface area contributed by atoms with Crippen molar-refractivity contribution >= 4 is 17.3 Å². The van der Waals surface area contributed by atoms with Gasteiger partial charge in [-0.25, -0.2) is 0 Å². The monoisotopic (exact) mass is 317 g/mol. The number of nitrogens with zero attached hydrogens (tertiary/aromatic N) is 1. The fraction of sp³-hybridized carbons (Fsp3) is 0.294. The topological polar surface area (TPSA) is 74.7 Å². The van der Waals surface area contributed by atoms with Gasteiger partial charge in [0.05, 0.1) is 11.0 Å². The first-order chi connectivity index (χ1) is 10.9. The number of hydrogen-bond donors (Lipinski definition) is 0. The zero-order valence-corrected chi connectivity index (χ0v) is 13.6. The summed E-state index contributed by atoms with van der Waals surface area (Å²) in [5.41, 5.74) is 2.69. The first-order valence-corrected chi connectivity index (χ1v) is 7.08. The molecule has 0 aliphatic heterocycles. The molecule has 0 unspecified atom stereocenters. The Morgan fingerprint density at radius 2 is 2.09 bits per heavy atom. The number of furan rings is 1. The molecule has 2 aromatic rings. The first-order valence-electron chi connectivity index (χ1n) is 7.08. The fourth-order valence-electron chi connectivity index (χ4n) is 2.34. The van der Waals surface area contributed by atoms with Crippen LogP contribution in [0.2, 0.25) is 0 Å². The minimum Gasteiger partial charge on any atom is -0.467 e. The van der Waals surface area contributed by atoms with Gasteiger partial charge in [-0.1, -0.05) is 0 Å². The molecule has 1 heterocycles. The van der Waals surface area contributed by atoms with Crippen LogP contribution in [0.4, 0.5) is 5.69 Å². The summed E-state index contributed by atoms with van der Waals surface area (Å²) in [6.45, 7) is 5.77. The summed E-state index contributed by atoms with van der Waals surface area (Å²) < 4.78 is 15.9. The standard InChI is InChI=1S/C17H19NO5/c1-11(16-8-12(2)23-13(16)3)7-14-5-6-15(18(19)20)9-17(14)22-10-21-4/h5-9H,10H2,1-4H3/b11-7+. The Kier molecular flexibility index (Phi) is 5.18. The number of methoxy groups -OCH3 is 1. The molecule has 2 rings (SSSR count). The number of non-ortho nitro benzene ring substituents is 1. The summed E-state index contributed by atoms with van der Waals surface area (Å²) in [4.78, 5) is 10.5. The smallest absolute Gasteiger partial charge is 0.273 e. The van der Waals surface area contributed by atoms with E-state index < -0.39 is 4.92 Å². The third kappa shape index (κ3) is 3.98. The van der Waals surface area contributed by atoms with Crippen molar-refractivity contribution in [2.75, 3.05) is 13.9 Å². The van der Waals surface area contributed by atoms with Crippen molar-refractivity contribution in [3.8, 4) is 5.75 Å². The molecule has 0 fully saturated rings. The van der Waals surface area contributed by atoms with E-state index in [-0.39, 0.29) is 12.5 Å². The average molecular weight is 317 g/mol. The van der Waals surface area contributed by atoms with E-state index in [4.69, 9.17) is 13.9 Å². The lowest BCUT2D eigenvalue weighted by Crippen LogP contribution is -2.01. The summed E-state index contributed by atoms with van der Waals surface area (Å²) >= 11 is 0. The Balaban J connectivity index is 2.42. The van der Waals surface area contributed by atoms with Crippen LogP contribution >= 0.6 is 0 Å². The minimum atomic E-state index is -0.455. The highest BCUT2D eigenvalue weighted by molar-refractivity contribution is 5.83. The van der Waals surface area contributed by atoms with Crippen molar-refractivity contribution in [2.45, 2.75) is 20.8 Å². The molecule has 0 N–H and O–H groups in total. The Morgan fingerprint density at radius 1 is 1.35 bits per heavy atom. The number of hydrogen-bond acceptors (Lipinski definition) is 5. The number of nitro groups is 1. The van der Waals surface area contributed by atoms with Crippen LogP contribution in [0.1, 0.15) is 29.6 Å². The van der Waals surface area contributed by atoms with E-state index in [0.29, 0.717) is 5.75 Å². The number of allylic oxidation sites excluding steroid dienone is 1. The van der Waals surface area contributed by atoms with Crippen LogP contribution in [0.15, 0.2) is 28.7 Å². The van der Waals surface area contributed by atoms with Gasteiger partial charge in [0.1, 0.15) is 17.3 Å². The summed E-state index contributed by atoms with van der Waals surface area (Å²) in [5.74, 6) is 2.07. The number of benzene rings is 1. The molecule has 0 aliphatic carbocycles. The normalized spacial score (nSPS) is 11.6. The van der Waals surface area contributed by atoms with Crippen molar-refractivity contribution in [3.63, 3.8) is 0 Å². The third-order valence-corrected chi connectivity index (χ3v) is 3.38. The molecule has 1 aromatic carbocycles. The highest BCUT2D eigenvalue weighted by Gasteiger charge is 2.12. The highest BCUT2D eigenvalue weighted by Crippen LogP contribution is 2.30. The average Bonchev–Trinajstić information content (AvgIpc) is 2.84. The van der Waals surface area contributed by atoms with Crippen LogP contribution in [0.3, 0.4) is 0 Å². The fourth-order valence-corrected chi connectivity index (χ4v) is 2.34. The zero-order valence-electron chi connectivity index (χ0n) is 13.6. The van der Waals surface area contributed by atoms with Crippen molar-refractivity contribution in [1.29, 1.82) is 0 Å². The van der Waals surface area contributed by atoms with Gasteiger partial charge in [-0.3, -0.25) is 10.1 Å². The molecular formula is C17H19NO5. The maximum atomic E-state index is 10.9. The molecule has 0 spiro atoms. The number of aryl methyl sites for hydroxylation is 2. The van der Waals surface area contributed by atoms with Crippen molar-refractivity contribution < 1.29 is 18.8 Å². The molecule has 6 heteroatoms. The largest absolute Gasteiger partial charge is 0.467 e. The maximum absolute atomic E-state index is 10.9. The lowest BCUT2D eigenvalue weighted by atomic mass is 10.0. The van der Waals surface area contributed by atoms with E-state index in [2.05, 4.69) is 0 Å². The van der Waals surface area contributed by atoms with Crippen LogP contribution in [-0.2, 0) is 4.74 Å². The van der Waals surface area contributed by atoms with Gasteiger partial charge < -0.3 is 13.9 Å². The van der Waals surface area contributed by atoms with Crippen LogP contribution in [0.25, 0.3) is 11.6 Å². The van der Waals surface area contributed by atoms with Crippen molar-refractivity contribution in [1.82, 2.24) is 0 Å². The molecule has 23 heavy (non-hydrogen) atoms. The van der Waals surface area contributed by atoms with Gasteiger partial charge in [0, 0.05) is 24.3 Å². The lowest BCUT2D eigenvalue weighted by molar-refractivity contribution is -0.385. The van der Waals surface area contributed by atoms with E-state index in [9.17, 15) is 10.1 Å². The first kappa shape index (κ1) is 16.8. The quantitative estimate of drug-likeness (QED) is 0.450. The SMILES string of the molecule is COCOc1cc([N+](=O)[O-])ccc1/C=C(\C)c1cc(C)oc1C. The summed E-state index contributed by atoms with van der Waals surface area (Å²) in [6, 6.07) is 6.47. The summed E-state index contributed by atoms with van der Waals surface area (Å²) in [5, 5.41) is 10.9. The molecule has 0 aliphatic rings. The Bertz CT molecular complexity index is 745. The van der Waals surface area contributed by atoms with Gasteiger partial charge in [0.15, 0.2) is 6.79 Å². The Hall–Kier alpha value is -2.60. The molecule has 0 saturated heterocycles. The maximum Gasteiger partial charge on any atom is 0.273 e. The number of ether oxygens (including phenoxy) is 2. The molecule has 0 bridgehead atoms. The van der Waals surface area contributed by atoms with Gasteiger partial charge in [-0.2, -0.15) is 0 Å². The molecule has 0 amide bonds. The molecule has 0 saturated carbocycles. The molecular weight excluding hydrogens is 298 g/mol. The third-order valence-electron chi connectivity index (χ3n) is 3.38. The molecule has 0 atom stereocenters. The van der Waals surface area contributed by atoms with E-state index in [0.717, 1.165) is 28.2 Å². The second-order valence-electron chi connectivity index (χ2n) is 5.18. The number of rotatable bonds is 6. The van der Waals surface area contributed by atoms with Gasteiger partial charge >= 0.3 is 0 Å². The van der Waals surface area contributed by atoms with Crippen LogP contribution in [0, 0.1) is 24.0 Å². The highest BCUT2D eigenvalue weighted by atomic mass is 16.7. The van der Waals surface area contributed by atoms with Gasteiger partial charge in [0.25, 0.3) is 5.69 Å². The minimum absolute atomic E-state index is 0.0188. The molecule has 0 radical (unpaired) electrons. The van der Waals surface area contributed by atoms with Crippen molar-refractivity contribution in [3.05, 3.63) is 57.0 Å². The van der Waals surface area contributed by atoms with Gasteiger partial charge in [-0.15, -0.1) is 0 Å².